The highest BCUT2D eigenvalue weighted by Crippen LogP contribution is 2.54. The summed E-state index contributed by atoms with van der Waals surface area (Å²) < 4.78 is 2.42. The third-order valence-electron chi connectivity index (χ3n) is 9.05. The molecule has 0 spiro atoms. The lowest BCUT2D eigenvalue weighted by Crippen LogP contribution is -2.36. The predicted octanol–water partition coefficient (Wildman–Crippen LogP) is 8.07. The molecular formula is C39H31N5. The van der Waals surface area contributed by atoms with Gasteiger partial charge in [0, 0.05) is 58.2 Å². The smallest absolute Gasteiger partial charge is 0.130 e. The molecule has 0 fully saturated rings. The van der Waals surface area contributed by atoms with Gasteiger partial charge < -0.3 is 20.9 Å². The Morgan fingerprint density at radius 2 is 1.32 bits per heavy atom. The molecule has 1 atom stereocenters. The quantitative estimate of drug-likeness (QED) is 0.206. The van der Waals surface area contributed by atoms with Gasteiger partial charge >= 0.3 is 0 Å². The Hall–Kier alpha value is -5.68. The maximum absolute atomic E-state index is 3.86. The van der Waals surface area contributed by atoms with Gasteiger partial charge in [-0.2, -0.15) is 0 Å². The van der Waals surface area contributed by atoms with Crippen LogP contribution in [0.3, 0.4) is 0 Å². The maximum atomic E-state index is 3.86. The van der Waals surface area contributed by atoms with Crippen LogP contribution in [0.1, 0.15) is 17.3 Å². The van der Waals surface area contributed by atoms with Crippen molar-refractivity contribution >= 4 is 33.7 Å². The molecule has 0 aliphatic carbocycles. The first kappa shape index (κ1) is 24.9. The van der Waals surface area contributed by atoms with Gasteiger partial charge in [0.2, 0.25) is 0 Å². The summed E-state index contributed by atoms with van der Waals surface area (Å²) in [5.74, 6) is 1.08. The number of fused-ring (bicyclic) bond motifs is 8. The minimum absolute atomic E-state index is 0.115. The highest BCUT2D eigenvalue weighted by Gasteiger charge is 2.36. The third-order valence-corrected chi connectivity index (χ3v) is 9.05. The topological polar surface area (TPSA) is 44.3 Å². The Morgan fingerprint density at radius 3 is 2.11 bits per heavy atom. The summed E-state index contributed by atoms with van der Waals surface area (Å²) in [6.45, 7) is 1.63. The molecule has 4 aromatic carbocycles. The van der Waals surface area contributed by atoms with Gasteiger partial charge in [-0.15, -0.1) is 0 Å². The number of aromatic nitrogens is 1. The Labute approximate surface area is 256 Å². The first-order chi connectivity index (χ1) is 21.9. The molecule has 0 saturated carbocycles. The number of para-hydroxylation sites is 3. The van der Waals surface area contributed by atoms with Crippen molar-refractivity contribution in [1.82, 2.24) is 20.5 Å². The Bertz CT molecular complexity index is 2120. The first-order valence-corrected chi connectivity index (χ1v) is 15.3. The van der Waals surface area contributed by atoms with E-state index in [1.165, 1.54) is 55.7 Å². The van der Waals surface area contributed by atoms with Gasteiger partial charge in [0.15, 0.2) is 0 Å². The van der Waals surface area contributed by atoms with Crippen LogP contribution in [-0.2, 0) is 0 Å². The molecule has 0 bridgehead atoms. The minimum Gasteiger partial charge on any atom is -0.381 e. The minimum atomic E-state index is -0.115. The highest BCUT2D eigenvalue weighted by molar-refractivity contribution is 6.12. The summed E-state index contributed by atoms with van der Waals surface area (Å²) >= 11 is 0. The van der Waals surface area contributed by atoms with Crippen molar-refractivity contribution in [1.29, 1.82) is 0 Å². The molecule has 0 saturated heterocycles. The Kier molecular flexibility index (Phi) is 5.63. The normalized spacial score (nSPS) is 17.9. The van der Waals surface area contributed by atoms with Crippen molar-refractivity contribution in [3.63, 3.8) is 0 Å². The van der Waals surface area contributed by atoms with E-state index in [9.17, 15) is 0 Å². The van der Waals surface area contributed by atoms with Gasteiger partial charge in [0.05, 0.1) is 22.6 Å². The van der Waals surface area contributed by atoms with Crippen molar-refractivity contribution in [3.8, 4) is 22.4 Å². The Morgan fingerprint density at radius 1 is 0.636 bits per heavy atom. The number of dihydropyridines is 2. The van der Waals surface area contributed by atoms with E-state index >= 15 is 0 Å². The SMILES string of the molecule is C1=CCNC(C2=CNC(N3c4ccccc4-c4c(n(C5=CC=CCN5)c5ccccc45)-c4ccccc43)c3ccccc32)=C1. The lowest BCUT2D eigenvalue weighted by molar-refractivity contribution is 0.622. The number of anilines is 2. The third kappa shape index (κ3) is 3.66. The molecule has 0 amide bonds. The van der Waals surface area contributed by atoms with Crippen molar-refractivity contribution in [2.45, 2.75) is 6.17 Å². The monoisotopic (exact) mass is 569 g/mol. The molecule has 5 aromatic rings. The van der Waals surface area contributed by atoms with Crippen LogP contribution >= 0.6 is 0 Å². The lowest BCUT2D eigenvalue weighted by atomic mass is 9.91. The number of hydrogen-bond donors (Lipinski definition) is 3. The molecule has 5 nitrogen and oxygen atoms in total. The number of nitrogens with one attached hydrogen (secondary N) is 3. The molecule has 5 heterocycles. The number of rotatable bonds is 3. The summed E-state index contributed by atoms with van der Waals surface area (Å²) in [7, 11) is 0. The summed E-state index contributed by atoms with van der Waals surface area (Å²) in [4.78, 5) is 2.50. The predicted molar refractivity (Wildman–Crippen MR) is 182 cm³/mol. The molecule has 4 aliphatic heterocycles. The standard InChI is InChI=1S/C39H31N5/c1-2-14-27-26(13-1)31(32-18-9-11-23-40-32)25-42-39(27)43-33-19-6-3-15-28(33)37-29-16-4-7-20-34(29)44(36-22-10-12-24-41-36)38(37)30-17-5-8-21-35(30)43/h1-22,25,39-42H,23-24H2. The zero-order valence-corrected chi connectivity index (χ0v) is 24.2. The van der Waals surface area contributed by atoms with E-state index in [0.29, 0.717) is 0 Å². The van der Waals surface area contributed by atoms with E-state index < -0.39 is 0 Å². The van der Waals surface area contributed by atoms with Crippen LogP contribution in [0.25, 0.3) is 44.7 Å². The van der Waals surface area contributed by atoms with E-state index in [-0.39, 0.29) is 6.17 Å². The van der Waals surface area contributed by atoms with Gasteiger partial charge in [-0.3, -0.25) is 4.57 Å². The van der Waals surface area contributed by atoms with Crippen LogP contribution in [0, 0.1) is 0 Å². The highest BCUT2D eigenvalue weighted by atomic mass is 15.3. The van der Waals surface area contributed by atoms with Crippen LogP contribution in [0.4, 0.5) is 11.4 Å². The fourth-order valence-corrected chi connectivity index (χ4v) is 7.20. The van der Waals surface area contributed by atoms with Crippen LogP contribution < -0.4 is 20.9 Å². The van der Waals surface area contributed by atoms with E-state index in [0.717, 1.165) is 30.3 Å². The molecule has 212 valence electrons. The van der Waals surface area contributed by atoms with Crippen LogP contribution in [-0.4, -0.2) is 17.7 Å². The molecule has 3 N–H and O–H groups in total. The number of hydrogen-bond acceptors (Lipinski definition) is 4. The summed E-state index contributed by atoms with van der Waals surface area (Å²) in [5, 5.41) is 12.3. The van der Waals surface area contributed by atoms with E-state index in [2.05, 4.69) is 165 Å². The maximum Gasteiger partial charge on any atom is 0.130 e. The zero-order valence-electron chi connectivity index (χ0n) is 24.2. The molecule has 9 rings (SSSR count). The average molecular weight is 570 g/mol. The second-order valence-electron chi connectivity index (χ2n) is 11.4. The van der Waals surface area contributed by atoms with E-state index in [1.54, 1.807) is 0 Å². The van der Waals surface area contributed by atoms with Gasteiger partial charge in [-0.05, 0) is 35.9 Å². The number of benzene rings is 4. The number of allylic oxidation sites excluding steroid dienone is 5. The van der Waals surface area contributed by atoms with Gasteiger partial charge in [-0.1, -0.05) is 103 Å². The average Bonchev–Trinajstić information content (AvgIpc) is 3.38. The van der Waals surface area contributed by atoms with Gasteiger partial charge in [0.1, 0.15) is 12.0 Å². The number of nitrogens with zero attached hydrogens (tertiary/aromatic N) is 2. The molecule has 1 aromatic heterocycles. The second-order valence-corrected chi connectivity index (χ2v) is 11.4. The Balaban J connectivity index is 1.32. The molecular weight excluding hydrogens is 538 g/mol. The van der Waals surface area contributed by atoms with Crippen molar-refractivity contribution in [2.75, 3.05) is 18.0 Å². The zero-order chi connectivity index (χ0) is 29.0. The molecule has 5 heteroatoms. The van der Waals surface area contributed by atoms with E-state index in [1.807, 2.05) is 0 Å². The molecule has 4 aliphatic rings. The summed E-state index contributed by atoms with van der Waals surface area (Å²) in [6, 6.07) is 35.4. The lowest BCUT2D eigenvalue weighted by Gasteiger charge is -2.39. The molecule has 44 heavy (non-hydrogen) atoms. The van der Waals surface area contributed by atoms with Crippen LogP contribution in [0.5, 0.6) is 0 Å². The molecule has 0 radical (unpaired) electrons. The fraction of sp³-hybridized carbons (Fsp3) is 0.0769. The first-order valence-electron chi connectivity index (χ1n) is 15.3. The van der Waals surface area contributed by atoms with Crippen LogP contribution in [0.15, 0.2) is 145 Å². The summed E-state index contributed by atoms with van der Waals surface area (Å²) in [5.41, 5.74) is 13.2. The van der Waals surface area contributed by atoms with Crippen molar-refractivity contribution < 1.29 is 0 Å². The van der Waals surface area contributed by atoms with Crippen molar-refractivity contribution in [3.05, 3.63) is 157 Å². The van der Waals surface area contributed by atoms with Gasteiger partial charge in [0.25, 0.3) is 0 Å². The largest absolute Gasteiger partial charge is 0.381 e. The molecule has 1 unspecified atom stereocenters. The summed E-state index contributed by atoms with van der Waals surface area (Å²) in [6.07, 6.45) is 15.0. The van der Waals surface area contributed by atoms with Crippen molar-refractivity contribution in [2.24, 2.45) is 0 Å². The fourth-order valence-electron chi connectivity index (χ4n) is 7.20. The van der Waals surface area contributed by atoms with Crippen LogP contribution in [0.2, 0.25) is 0 Å². The van der Waals surface area contributed by atoms with Gasteiger partial charge in [-0.25, -0.2) is 0 Å². The van der Waals surface area contributed by atoms with E-state index in [4.69, 9.17) is 0 Å². The second kappa shape index (κ2) is 9.96.